The number of hydrogen-bond acceptors (Lipinski definition) is 8. The van der Waals surface area contributed by atoms with Gasteiger partial charge < -0.3 is 19.5 Å². The van der Waals surface area contributed by atoms with Crippen LogP contribution in [0.5, 0.6) is 5.75 Å². The predicted octanol–water partition coefficient (Wildman–Crippen LogP) is 3.61. The Hall–Kier alpha value is -2.72. The van der Waals surface area contributed by atoms with Gasteiger partial charge in [0, 0.05) is 46.1 Å². The maximum Gasteiger partial charge on any atom is 0.230 e. The average molecular weight is 514 g/mol. The second-order valence-corrected chi connectivity index (χ2v) is 10.6. The maximum absolute atomic E-state index is 12.1. The number of rotatable bonds is 5. The SMILES string of the molecule is O=C1CCC(=O)N1Cc1cc2nccc(-c3cc(Cl)cc4c3N([C@H]3CO[C@H](CO)C3)CCO4)c2s1. The molecule has 0 saturated carbocycles. The Balaban J connectivity index is 1.43. The highest BCUT2D eigenvalue weighted by atomic mass is 35.5. The molecule has 1 N–H and O–H groups in total. The minimum atomic E-state index is -0.162. The van der Waals surface area contributed by atoms with E-state index >= 15 is 0 Å². The molecule has 2 amide bonds. The summed E-state index contributed by atoms with van der Waals surface area (Å²) >= 11 is 8.07. The fraction of sp³-hybridized carbons (Fsp3) is 0.400. The third-order valence-corrected chi connectivity index (χ3v) is 8.20. The van der Waals surface area contributed by atoms with E-state index < -0.39 is 0 Å². The van der Waals surface area contributed by atoms with Crippen LogP contribution in [0.2, 0.25) is 5.02 Å². The van der Waals surface area contributed by atoms with E-state index in [1.807, 2.05) is 24.3 Å². The molecule has 35 heavy (non-hydrogen) atoms. The average Bonchev–Trinajstić information content (AvgIpc) is 3.58. The fourth-order valence-electron chi connectivity index (χ4n) is 5.18. The van der Waals surface area contributed by atoms with Crippen LogP contribution in [-0.4, -0.2) is 65.3 Å². The number of likely N-dealkylation sites (tertiary alicyclic amines) is 1. The van der Waals surface area contributed by atoms with Crippen molar-refractivity contribution in [2.75, 3.05) is 31.3 Å². The van der Waals surface area contributed by atoms with Gasteiger partial charge in [-0.05, 0) is 24.6 Å². The van der Waals surface area contributed by atoms with Gasteiger partial charge in [-0.3, -0.25) is 19.5 Å². The lowest BCUT2D eigenvalue weighted by Gasteiger charge is -2.37. The minimum absolute atomic E-state index is 0.00610. The van der Waals surface area contributed by atoms with Crippen molar-refractivity contribution in [1.82, 2.24) is 9.88 Å². The molecule has 6 rings (SSSR count). The Morgan fingerprint density at radius 1 is 1.17 bits per heavy atom. The molecule has 0 radical (unpaired) electrons. The topological polar surface area (TPSA) is 92.2 Å². The quantitative estimate of drug-likeness (QED) is 0.521. The molecule has 0 unspecified atom stereocenters. The van der Waals surface area contributed by atoms with Gasteiger partial charge in [0.05, 0.1) is 54.4 Å². The number of aromatic nitrogens is 1. The number of amides is 2. The van der Waals surface area contributed by atoms with E-state index in [0.29, 0.717) is 24.8 Å². The summed E-state index contributed by atoms with van der Waals surface area (Å²) in [6.07, 6.45) is 2.90. The van der Waals surface area contributed by atoms with E-state index in [0.717, 1.165) is 44.1 Å². The maximum atomic E-state index is 12.1. The molecule has 2 aromatic heterocycles. The van der Waals surface area contributed by atoms with Crippen LogP contribution in [0.25, 0.3) is 21.3 Å². The van der Waals surface area contributed by atoms with Gasteiger partial charge in [0.25, 0.3) is 0 Å². The summed E-state index contributed by atoms with van der Waals surface area (Å²) in [5.74, 6) is 0.468. The number of ether oxygens (including phenoxy) is 2. The number of aliphatic hydroxyl groups excluding tert-OH is 1. The number of halogens is 1. The van der Waals surface area contributed by atoms with E-state index in [1.165, 1.54) is 16.2 Å². The number of benzene rings is 1. The smallest absolute Gasteiger partial charge is 0.230 e. The number of anilines is 1. The molecule has 0 bridgehead atoms. The lowest BCUT2D eigenvalue weighted by Crippen LogP contribution is -2.42. The normalized spacial score (nSPS) is 22.2. The first-order valence-corrected chi connectivity index (χ1v) is 12.9. The van der Waals surface area contributed by atoms with Crippen molar-refractivity contribution in [2.24, 2.45) is 0 Å². The molecule has 2 fully saturated rings. The number of hydrogen-bond donors (Lipinski definition) is 1. The van der Waals surface area contributed by atoms with Gasteiger partial charge in [-0.25, -0.2) is 0 Å². The molecule has 182 valence electrons. The highest BCUT2D eigenvalue weighted by Crippen LogP contribution is 2.47. The summed E-state index contributed by atoms with van der Waals surface area (Å²) in [5, 5.41) is 10.1. The molecule has 8 nitrogen and oxygen atoms in total. The summed E-state index contributed by atoms with van der Waals surface area (Å²) in [4.78, 5) is 33.4. The van der Waals surface area contributed by atoms with Gasteiger partial charge in [0.1, 0.15) is 12.4 Å². The van der Waals surface area contributed by atoms with Crippen LogP contribution in [0.1, 0.15) is 24.1 Å². The first-order valence-electron chi connectivity index (χ1n) is 11.7. The van der Waals surface area contributed by atoms with Gasteiger partial charge in [0.15, 0.2) is 0 Å². The summed E-state index contributed by atoms with van der Waals surface area (Å²) in [5.41, 5.74) is 3.68. The Bertz CT molecular complexity index is 1310. The molecule has 2 saturated heterocycles. The predicted molar refractivity (Wildman–Crippen MR) is 133 cm³/mol. The molecule has 5 heterocycles. The van der Waals surface area contributed by atoms with Crippen molar-refractivity contribution in [3.05, 3.63) is 40.4 Å². The molecule has 2 atom stereocenters. The number of nitrogens with zero attached hydrogens (tertiary/aromatic N) is 3. The molecular formula is C25H24ClN3O5S. The van der Waals surface area contributed by atoms with Crippen molar-refractivity contribution in [2.45, 2.75) is 38.0 Å². The van der Waals surface area contributed by atoms with Crippen molar-refractivity contribution < 1.29 is 24.2 Å². The van der Waals surface area contributed by atoms with E-state index in [9.17, 15) is 14.7 Å². The van der Waals surface area contributed by atoms with Crippen LogP contribution in [0.4, 0.5) is 5.69 Å². The molecule has 10 heteroatoms. The molecule has 3 aliphatic rings. The highest BCUT2D eigenvalue weighted by Gasteiger charge is 2.35. The molecule has 1 aromatic carbocycles. The molecule has 3 aromatic rings. The van der Waals surface area contributed by atoms with Crippen LogP contribution >= 0.6 is 22.9 Å². The zero-order valence-electron chi connectivity index (χ0n) is 18.9. The first kappa shape index (κ1) is 22.7. The van der Waals surface area contributed by atoms with E-state index in [4.69, 9.17) is 21.1 Å². The fourth-order valence-corrected chi connectivity index (χ4v) is 6.52. The third kappa shape index (κ3) is 4.06. The summed E-state index contributed by atoms with van der Waals surface area (Å²) in [6.45, 7) is 2.06. The van der Waals surface area contributed by atoms with Crippen LogP contribution in [0.15, 0.2) is 30.5 Å². The molecule has 3 aliphatic heterocycles. The monoisotopic (exact) mass is 513 g/mol. The first-order chi connectivity index (χ1) is 17.0. The van der Waals surface area contributed by atoms with E-state index in [-0.39, 0.29) is 50.0 Å². The van der Waals surface area contributed by atoms with Crippen LogP contribution in [0.3, 0.4) is 0 Å². The standard InChI is InChI=1S/C25H24ClN3O5S/c26-14-7-19(24-21(8-14)33-6-5-28(24)15-9-16(12-30)34-13-15)18-3-4-27-20-10-17(35-25(18)20)11-29-22(31)1-2-23(29)32/h3-4,7-8,10,15-16,30H,1-2,5-6,9,11-13H2/t15-,16+/m1/s1. The zero-order chi connectivity index (χ0) is 24.1. The largest absolute Gasteiger partial charge is 0.489 e. The van der Waals surface area contributed by atoms with Crippen LogP contribution in [0, 0.1) is 0 Å². The van der Waals surface area contributed by atoms with Gasteiger partial charge in [-0.15, -0.1) is 11.3 Å². The van der Waals surface area contributed by atoms with Crippen molar-refractivity contribution in [1.29, 1.82) is 0 Å². The van der Waals surface area contributed by atoms with Crippen molar-refractivity contribution in [3.8, 4) is 16.9 Å². The number of carbonyl (C=O) groups is 2. The second kappa shape index (κ2) is 9.05. The molecule has 0 aliphatic carbocycles. The third-order valence-electron chi connectivity index (χ3n) is 6.84. The molecular weight excluding hydrogens is 490 g/mol. The summed E-state index contributed by atoms with van der Waals surface area (Å²) in [7, 11) is 0. The summed E-state index contributed by atoms with van der Waals surface area (Å²) < 4.78 is 12.8. The highest BCUT2D eigenvalue weighted by molar-refractivity contribution is 7.19. The lowest BCUT2D eigenvalue weighted by molar-refractivity contribution is -0.138. The van der Waals surface area contributed by atoms with Gasteiger partial charge in [0.2, 0.25) is 11.8 Å². The van der Waals surface area contributed by atoms with Gasteiger partial charge in [-0.1, -0.05) is 11.6 Å². The van der Waals surface area contributed by atoms with Crippen molar-refractivity contribution >= 4 is 50.7 Å². The lowest BCUT2D eigenvalue weighted by atomic mass is 9.99. The van der Waals surface area contributed by atoms with Gasteiger partial charge in [-0.2, -0.15) is 0 Å². The van der Waals surface area contributed by atoms with E-state index in [1.54, 1.807) is 6.20 Å². The number of carbonyl (C=O) groups excluding carboxylic acids is 2. The number of aliphatic hydroxyl groups is 1. The second-order valence-electron chi connectivity index (χ2n) is 9.03. The Kier molecular flexibility index (Phi) is 5.88. The number of imide groups is 1. The zero-order valence-corrected chi connectivity index (χ0v) is 20.5. The Labute approximate surface area is 211 Å². The number of pyridine rings is 1. The number of fused-ring (bicyclic) bond motifs is 2. The van der Waals surface area contributed by atoms with Crippen LogP contribution in [-0.2, 0) is 20.9 Å². The van der Waals surface area contributed by atoms with Crippen molar-refractivity contribution in [3.63, 3.8) is 0 Å². The number of thiophene rings is 1. The Morgan fingerprint density at radius 3 is 2.77 bits per heavy atom. The van der Waals surface area contributed by atoms with E-state index in [2.05, 4.69) is 9.88 Å². The minimum Gasteiger partial charge on any atom is -0.489 e. The Morgan fingerprint density at radius 2 is 2.00 bits per heavy atom. The molecule has 0 spiro atoms. The van der Waals surface area contributed by atoms with Gasteiger partial charge >= 0.3 is 0 Å². The summed E-state index contributed by atoms with van der Waals surface area (Å²) in [6, 6.07) is 7.83. The van der Waals surface area contributed by atoms with Crippen LogP contribution < -0.4 is 9.64 Å².